The number of anilines is 1. The van der Waals surface area contributed by atoms with Gasteiger partial charge >= 0.3 is 5.69 Å². The Hall–Kier alpha value is -1.63. The Morgan fingerprint density at radius 2 is 2.26 bits per heavy atom. The third-order valence-electron chi connectivity index (χ3n) is 3.97. The van der Waals surface area contributed by atoms with Crippen molar-refractivity contribution >= 4 is 11.5 Å². The van der Waals surface area contributed by atoms with Crippen molar-refractivity contribution in [2.75, 3.05) is 18.0 Å². The van der Waals surface area contributed by atoms with E-state index in [2.05, 4.69) is 16.9 Å². The van der Waals surface area contributed by atoms with Gasteiger partial charge in [-0.3, -0.25) is 10.1 Å². The average molecular weight is 267 g/mol. The van der Waals surface area contributed by atoms with Crippen molar-refractivity contribution in [1.82, 2.24) is 9.78 Å². The van der Waals surface area contributed by atoms with Gasteiger partial charge in [0.2, 0.25) is 5.82 Å². The number of rotatable bonds is 3. The first-order valence-corrected chi connectivity index (χ1v) is 6.62. The molecular formula is C12H21N5O2. The molecule has 0 amide bonds. The standard InChI is InChI=1S/C12H21N5O2/c1-8-5-4-6-16(10(8)7-13)12-11(17(18)19)9(2)14-15(12)3/h8,10H,4-7,13H2,1-3H3. The van der Waals surface area contributed by atoms with Crippen LogP contribution in [-0.2, 0) is 7.05 Å². The van der Waals surface area contributed by atoms with E-state index in [1.165, 1.54) is 0 Å². The third kappa shape index (κ3) is 2.30. The Morgan fingerprint density at radius 1 is 1.58 bits per heavy atom. The Bertz CT molecular complexity index is 485. The fourth-order valence-electron chi connectivity index (χ4n) is 3.04. The van der Waals surface area contributed by atoms with Gasteiger partial charge in [-0.2, -0.15) is 5.10 Å². The summed E-state index contributed by atoms with van der Waals surface area (Å²) in [4.78, 5) is 13.0. The highest BCUT2D eigenvalue weighted by Gasteiger charge is 2.35. The molecule has 0 saturated carbocycles. The Kier molecular flexibility index (Phi) is 3.75. The maximum atomic E-state index is 11.3. The predicted octanol–water partition coefficient (Wildman–Crippen LogP) is 1.20. The molecule has 1 aliphatic heterocycles. The van der Waals surface area contributed by atoms with Gasteiger partial charge in [0, 0.05) is 26.2 Å². The first-order valence-electron chi connectivity index (χ1n) is 6.62. The smallest absolute Gasteiger partial charge is 0.333 e. The Labute approximate surface area is 112 Å². The highest BCUT2D eigenvalue weighted by molar-refractivity contribution is 5.62. The molecule has 0 spiro atoms. The number of nitrogens with zero attached hydrogens (tertiary/aromatic N) is 4. The number of hydrogen-bond acceptors (Lipinski definition) is 5. The molecule has 2 unspecified atom stereocenters. The summed E-state index contributed by atoms with van der Waals surface area (Å²) in [5.41, 5.74) is 6.42. The molecule has 0 aliphatic carbocycles. The molecule has 1 aromatic heterocycles. The van der Waals surface area contributed by atoms with Gasteiger partial charge in [-0.1, -0.05) is 6.92 Å². The van der Waals surface area contributed by atoms with E-state index in [0.29, 0.717) is 24.0 Å². The van der Waals surface area contributed by atoms with Crippen molar-refractivity contribution in [2.45, 2.75) is 32.7 Å². The second-order valence-corrected chi connectivity index (χ2v) is 5.25. The van der Waals surface area contributed by atoms with Gasteiger partial charge in [0.15, 0.2) is 0 Å². The van der Waals surface area contributed by atoms with Crippen LogP contribution in [0.4, 0.5) is 11.5 Å². The second kappa shape index (κ2) is 5.16. The summed E-state index contributed by atoms with van der Waals surface area (Å²) in [7, 11) is 1.75. The molecule has 7 heteroatoms. The van der Waals surface area contributed by atoms with E-state index in [-0.39, 0.29) is 16.7 Å². The van der Waals surface area contributed by atoms with Gasteiger partial charge in [-0.15, -0.1) is 0 Å². The zero-order chi connectivity index (χ0) is 14.2. The maximum Gasteiger partial charge on any atom is 0.333 e. The molecule has 0 radical (unpaired) electrons. The molecule has 0 bridgehead atoms. The third-order valence-corrected chi connectivity index (χ3v) is 3.97. The van der Waals surface area contributed by atoms with Crippen molar-refractivity contribution in [3.63, 3.8) is 0 Å². The lowest BCUT2D eigenvalue weighted by Crippen LogP contribution is -2.49. The fourth-order valence-corrected chi connectivity index (χ4v) is 3.04. The van der Waals surface area contributed by atoms with Gasteiger partial charge in [0.25, 0.3) is 0 Å². The molecule has 2 heterocycles. The van der Waals surface area contributed by atoms with Crippen molar-refractivity contribution in [2.24, 2.45) is 18.7 Å². The SMILES string of the molecule is Cc1nn(C)c(N2CCCC(C)C2CN)c1[N+](=O)[O-]. The summed E-state index contributed by atoms with van der Waals surface area (Å²) in [6.07, 6.45) is 2.14. The van der Waals surface area contributed by atoms with Crippen LogP contribution in [-0.4, -0.2) is 33.8 Å². The van der Waals surface area contributed by atoms with Crippen LogP contribution in [0.25, 0.3) is 0 Å². The molecule has 106 valence electrons. The minimum Gasteiger partial charge on any atom is -0.347 e. The summed E-state index contributed by atoms with van der Waals surface area (Å²) in [6.45, 7) is 5.12. The van der Waals surface area contributed by atoms with Crippen LogP contribution >= 0.6 is 0 Å². The highest BCUT2D eigenvalue weighted by atomic mass is 16.6. The van der Waals surface area contributed by atoms with E-state index >= 15 is 0 Å². The fraction of sp³-hybridized carbons (Fsp3) is 0.750. The number of aryl methyl sites for hydroxylation is 2. The Morgan fingerprint density at radius 3 is 2.84 bits per heavy atom. The Balaban J connectivity index is 2.48. The minimum absolute atomic E-state index is 0.107. The molecule has 2 atom stereocenters. The van der Waals surface area contributed by atoms with Crippen LogP contribution in [0.5, 0.6) is 0 Å². The zero-order valence-electron chi connectivity index (χ0n) is 11.7. The zero-order valence-corrected chi connectivity index (χ0v) is 11.7. The number of nitrogens with two attached hydrogens (primary N) is 1. The van der Waals surface area contributed by atoms with Gasteiger partial charge in [-0.05, 0) is 25.7 Å². The summed E-state index contributed by atoms with van der Waals surface area (Å²) < 4.78 is 1.61. The van der Waals surface area contributed by atoms with Gasteiger partial charge in [0.05, 0.1) is 4.92 Å². The highest BCUT2D eigenvalue weighted by Crippen LogP contribution is 2.36. The van der Waals surface area contributed by atoms with Crippen molar-refractivity contribution in [3.05, 3.63) is 15.8 Å². The minimum atomic E-state index is -0.343. The average Bonchev–Trinajstić information content (AvgIpc) is 2.63. The summed E-state index contributed by atoms with van der Waals surface area (Å²) in [5, 5.41) is 15.5. The number of piperidine rings is 1. The molecule has 7 nitrogen and oxygen atoms in total. The van der Waals surface area contributed by atoms with Crippen LogP contribution in [0.15, 0.2) is 0 Å². The van der Waals surface area contributed by atoms with E-state index < -0.39 is 0 Å². The van der Waals surface area contributed by atoms with E-state index in [0.717, 1.165) is 19.4 Å². The largest absolute Gasteiger partial charge is 0.347 e. The second-order valence-electron chi connectivity index (χ2n) is 5.25. The van der Waals surface area contributed by atoms with Crippen LogP contribution < -0.4 is 10.6 Å². The molecule has 2 rings (SSSR count). The van der Waals surface area contributed by atoms with Crippen LogP contribution in [0.3, 0.4) is 0 Å². The molecule has 2 N–H and O–H groups in total. The molecule has 19 heavy (non-hydrogen) atoms. The van der Waals surface area contributed by atoms with E-state index in [4.69, 9.17) is 5.73 Å². The summed E-state index contributed by atoms with van der Waals surface area (Å²) >= 11 is 0. The first kappa shape index (κ1) is 13.8. The normalized spacial score (nSPS) is 23.7. The number of hydrogen-bond donors (Lipinski definition) is 1. The molecule has 1 fully saturated rings. The maximum absolute atomic E-state index is 11.3. The lowest BCUT2D eigenvalue weighted by Gasteiger charge is -2.40. The quantitative estimate of drug-likeness (QED) is 0.656. The number of nitro groups is 1. The predicted molar refractivity (Wildman–Crippen MR) is 73.2 cm³/mol. The van der Waals surface area contributed by atoms with Crippen LogP contribution in [0, 0.1) is 23.0 Å². The molecule has 1 saturated heterocycles. The van der Waals surface area contributed by atoms with Crippen molar-refractivity contribution < 1.29 is 4.92 Å². The molecule has 0 aromatic carbocycles. The molecule has 1 aromatic rings. The van der Waals surface area contributed by atoms with Crippen molar-refractivity contribution in [3.8, 4) is 0 Å². The molecular weight excluding hydrogens is 246 g/mol. The van der Waals surface area contributed by atoms with Gasteiger partial charge in [-0.25, -0.2) is 4.68 Å². The topological polar surface area (TPSA) is 90.2 Å². The lowest BCUT2D eigenvalue weighted by molar-refractivity contribution is -0.384. The van der Waals surface area contributed by atoms with E-state index in [9.17, 15) is 10.1 Å². The van der Waals surface area contributed by atoms with Gasteiger partial charge in [0.1, 0.15) is 5.69 Å². The first-order chi connectivity index (χ1) is 8.97. The van der Waals surface area contributed by atoms with Crippen LogP contribution in [0.2, 0.25) is 0 Å². The van der Waals surface area contributed by atoms with Gasteiger partial charge < -0.3 is 10.6 Å². The summed E-state index contributed by atoms with van der Waals surface area (Å²) in [6, 6.07) is 0.141. The van der Waals surface area contributed by atoms with Crippen molar-refractivity contribution in [1.29, 1.82) is 0 Å². The molecule has 1 aliphatic rings. The van der Waals surface area contributed by atoms with E-state index in [1.807, 2.05) is 0 Å². The van der Waals surface area contributed by atoms with E-state index in [1.54, 1.807) is 18.7 Å². The monoisotopic (exact) mass is 267 g/mol. The van der Waals surface area contributed by atoms with Crippen LogP contribution in [0.1, 0.15) is 25.5 Å². The lowest BCUT2D eigenvalue weighted by atomic mass is 9.91. The summed E-state index contributed by atoms with van der Waals surface area (Å²) in [5.74, 6) is 1.03. The number of aromatic nitrogens is 2.